The van der Waals surface area contributed by atoms with E-state index in [1.54, 1.807) is 0 Å². The Morgan fingerprint density at radius 2 is 0.530 bits per heavy atom. The summed E-state index contributed by atoms with van der Waals surface area (Å²) in [6.07, 6.45) is 57.2. The molecule has 66 heavy (non-hydrogen) atoms. The molecule has 0 radical (unpaired) electrons. The molecule has 0 aromatic carbocycles. The van der Waals surface area contributed by atoms with Crippen molar-refractivity contribution >= 4 is 11.8 Å². The minimum Gasteiger partial charge on any atom is -0.393 e. The Morgan fingerprint density at radius 3 is 0.773 bits per heavy atom. The van der Waals surface area contributed by atoms with E-state index in [0.717, 1.165) is 90.6 Å². The lowest BCUT2D eigenvalue weighted by molar-refractivity contribution is -0.132. The van der Waals surface area contributed by atoms with Gasteiger partial charge in [-0.2, -0.15) is 0 Å². The molecule has 0 bridgehead atoms. The third-order valence-corrected chi connectivity index (χ3v) is 15.1. The second kappa shape index (κ2) is 48.9. The summed E-state index contributed by atoms with van der Waals surface area (Å²) in [5.74, 6) is 0.819. The van der Waals surface area contributed by atoms with Crippen molar-refractivity contribution in [1.82, 2.24) is 14.7 Å². The minimum absolute atomic E-state index is 0.107. The Morgan fingerprint density at radius 1 is 0.318 bits per heavy atom. The summed E-state index contributed by atoms with van der Waals surface area (Å²) in [7, 11) is 0. The van der Waals surface area contributed by atoms with Gasteiger partial charge in [0, 0.05) is 45.1 Å². The topological polar surface area (TPSA) is 64.1 Å². The van der Waals surface area contributed by atoms with E-state index < -0.39 is 0 Å². The van der Waals surface area contributed by atoms with Gasteiger partial charge in [-0.1, -0.05) is 246 Å². The highest BCUT2D eigenvalue weighted by Crippen LogP contribution is 2.27. The van der Waals surface area contributed by atoms with Crippen LogP contribution in [-0.4, -0.2) is 83.0 Å². The van der Waals surface area contributed by atoms with Gasteiger partial charge < -0.3 is 19.8 Å². The molecule has 0 saturated heterocycles. The smallest absolute Gasteiger partial charge is 0.222 e. The van der Waals surface area contributed by atoms with Crippen molar-refractivity contribution in [2.45, 2.75) is 335 Å². The van der Waals surface area contributed by atoms with Gasteiger partial charge in [0.25, 0.3) is 0 Å². The van der Waals surface area contributed by atoms with E-state index in [9.17, 15) is 14.7 Å². The molecule has 1 N–H and O–H groups in total. The predicted octanol–water partition coefficient (Wildman–Crippen LogP) is 17.7. The molecular weight excluding hydrogens is 811 g/mol. The average Bonchev–Trinajstić information content (AvgIpc) is 3.31. The Labute approximate surface area is 414 Å². The highest BCUT2D eigenvalue weighted by Gasteiger charge is 2.31. The molecule has 0 aromatic rings. The van der Waals surface area contributed by atoms with E-state index in [-0.39, 0.29) is 6.10 Å². The summed E-state index contributed by atoms with van der Waals surface area (Å²) in [6.45, 7) is 15.3. The number of amides is 2. The second-order valence-corrected chi connectivity index (χ2v) is 21.5. The monoisotopic (exact) mass is 930 g/mol. The third kappa shape index (κ3) is 38.7. The lowest BCUT2D eigenvalue weighted by atomic mass is 9.87. The molecule has 392 valence electrons. The van der Waals surface area contributed by atoms with Crippen molar-refractivity contribution in [1.29, 1.82) is 0 Å². The first kappa shape index (κ1) is 62.9. The van der Waals surface area contributed by atoms with Gasteiger partial charge in [-0.3, -0.25) is 9.59 Å². The second-order valence-electron chi connectivity index (χ2n) is 21.5. The zero-order chi connectivity index (χ0) is 47.8. The number of aliphatic hydroxyl groups excluding tert-OH is 1. The molecule has 0 spiro atoms. The number of hydrogen-bond acceptors (Lipinski definition) is 4. The van der Waals surface area contributed by atoms with Crippen LogP contribution in [0, 0.1) is 0 Å². The fourth-order valence-electron chi connectivity index (χ4n) is 10.4. The summed E-state index contributed by atoms with van der Waals surface area (Å²) in [5.41, 5.74) is 0. The third-order valence-electron chi connectivity index (χ3n) is 15.1. The largest absolute Gasteiger partial charge is 0.393 e. The van der Waals surface area contributed by atoms with E-state index >= 15 is 0 Å². The zero-order valence-electron chi connectivity index (χ0n) is 45.5. The van der Waals surface area contributed by atoms with E-state index in [4.69, 9.17) is 0 Å². The first-order chi connectivity index (χ1) is 32.5. The molecule has 1 rings (SSSR count). The molecule has 6 heteroatoms. The number of unbranched alkanes of at least 4 members (excludes halogenated alkanes) is 36. The van der Waals surface area contributed by atoms with Crippen LogP contribution in [0.2, 0.25) is 0 Å². The quantitative estimate of drug-likeness (QED) is 0.0617. The van der Waals surface area contributed by atoms with Gasteiger partial charge in [-0.05, 0) is 77.3 Å². The number of rotatable bonds is 53. The van der Waals surface area contributed by atoms with E-state index in [1.807, 2.05) is 0 Å². The van der Waals surface area contributed by atoms with Gasteiger partial charge in [0.05, 0.1) is 6.10 Å². The van der Waals surface area contributed by atoms with E-state index in [2.05, 4.69) is 42.4 Å². The summed E-state index contributed by atoms with van der Waals surface area (Å²) in [5, 5.41) is 10.1. The maximum Gasteiger partial charge on any atom is 0.222 e. The first-order valence-corrected chi connectivity index (χ1v) is 30.4. The summed E-state index contributed by atoms with van der Waals surface area (Å²) >= 11 is 0. The summed E-state index contributed by atoms with van der Waals surface area (Å²) in [6, 6.07) is 0.552. The van der Waals surface area contributed by atoms with Gasteiger partial charge in [-0.25, -0.2) is 0 Å². The van der Waals surface area contributed by atoms with Crippen molar-refractivity contribution in [2.75, 3.05) is 39.3 Å². The van der Waals surface area contributed by atoms with E-state index in [1.165, 1.54) is 244 Å². The first-order valence-electron chi connectivity index (χ1n) is 30.4. The molecular formula is C60H119N3O3. The number of hydrogen-bond donors (Lipinski definition) is 1. The van der Waals surface area contributed by atoms with Crippen molar-refractivity contribution in [2.24, 2.45) is 0 Å². The van der Waals surface area contributed by atoms with Crippen LogP contribution in [0.5, 0.6) is 0 Å². The van der Waals surface area contributed by atoms with Crippen LogP contribution >= 0.6 is 0 Å². The Bertz CT molecular complexity index is 907. The van der Waals surface area contributed by atoms with Crippen LogP contribution in [0.15, 0.2) is 0 Å². The molecule has 0 aliphatic heterocycles. The lowest BCUT2D eigenvalue weighted by Crippen LogP contribution is -2.47. The molecule has 1 aliphatic carbocycles. The number of carbonyl (C=O) groups excluding carboxylic acids is 2. The van der Waals surface area contributed by atoms with Crippen molar-refractivity contribution in [3.05, 3.63) is 0 Å². The minimum atomic E-state index is -0.107. The SMILES string of the molecule is CCCCCCCCCCN(CCCCCCCCCC)C(=O)CCCCCCCN(CCCCCCCC(=O)N(CCCCCCCCCC)CCCCCCCCCC)C1CC(O)C1. The van der Waals surface area contributed by atoms with Crippen molar-refractivity contribution in [3.63, 3.8) is 0 Å². The number of carbonyl (C=O) groups is 2. The van der Waals surface area contributed by atoms with Gasteiger partial charge in [0.15, 0.2) is 0 Å². The molecule has 2 amide bonds. The number of aliphatic hydroxyl groups is 1. The molecule has 1 fully saturated rings. The van der Waals surface area contributed by atoms with E-state index in [0.29, 0.717) is 17.9 Å². The standard InChI is InChI=1S/C60H119N3O3/c1-5-9-13-17-21-25-33-43-51-62(52-44-34-26-22-18-14-10-6-2)59(65)47-39-31-29-37-41-49-61(57-55-58(64)56-57)50-42-38-30-32-40-48-60(66)63(53-45-35-27-23-19-15-11-7-3)54-46-36-28-24-20-16-12-8-4/h57-58,64H,5-56H2,1-4H3. The molecule has 0 heterocycles. The Balaban J connectivity index is 2.36. The van der Waals surface area contributed by atoms with Crippen molar-refractivity contribution in [3.8, 4) is 0 Å². The van der Waals surface area contributed by atoms with Gasteiger partial charge in [-0.15, -0.1) is 0 Å². The molecule has 1 aliphatic rings. The van der Waals surface area contributed by atoms with Gasteiger partial charge >= 0.3 is 0 Å². The van der Waals surface area contributed by atoms with Gasteiger partial charge in [0.2, 0.25) is 11.8 Å². The van der Waals surface area contributed by atoms with Crippen LogP contribution < -0.4 is 0 Å². The van der Waals surface area contributed by atoms with Crippen LogP contribution in [-0.2, 0) is 9.59 Å². The van der Waals surface area contributed by atoms with Crippen LogP contribution in [0.4, 0.5) is 0 Å². The average molecular weight is 931 g/mol. The highest BCUT2D eigenvalue weighted by atomic mass is 16.3. The highest BCUT2D eigenvalue weighted by molar-refractivity contribution is 5.76. The normalized spacial score (nSPS) is 14.9. The predicted molar refractivity (Wildman–Crippen MR) is 290 cm³/mol. The maximum atomic E-state index is 13.4. The van der Waals surface area contributed by atoms with Crippen LogP contribution in [0.25, 0.3) is 0 Å². The maximum absolute atomic E-state index is 13.4. The van der Waals surface area contributed by atoms with Gasteiger partial charge in [0.1, 0.15) is 0 Å². The zero-order valence-corrected chi connectivity index (χ0v) is 45.5. The van der Waals surface area contributed by atoms with Crippen LogP contribution in [0.3, 0.4) is 0 Å². The van der Waals surface area contributed by atoms with Crippen LogP contribution in [0.1, 0.15) is 323 Å². The fourth-order valence-corrected chi connectivity index (χ4v) is 10.4. The Hall–Kier alpha value is -1.14. The van der Waals surface area contributed by atoms with Crippen molar-refractivity contribution < 1.29 is 14.7 Å². The lowest BCUT2D eigenvalue weighted by Gasteiger charge is -2.41. The summed E-state index contributed by atoms with van der Waals surface area (Å²) in [4.78, 5) is 34.0. The summed E-state index contributed by atoms with van der Waals surface area (Å²) < 4.78 is 0. The molecule has 6 nitrogen and oxygen atoms in total. The molecule has 0 unspecified atom stereocenters. The number of nitrogens with zero attached hydrogens (tertiary/aromatic N) is 3. The molecule has 1 saturated carbocycles. The molecule has 0 atom stereocenters. The fraction of sp³-hybridized carbons (Fsp3) is 0.967. The Kier molecular flexibility index (Phi) is 46.6. The molecule has 0 aromatic heterocycles.